The Kier molecular flexibility index (Phi) is 5.64. The fourth-order valence-corrected chi connectivity index (χ4v) is 1.86. The van der Waals surface area contributed by atoms with Gasteiger partial charge in [-0.3, -0.25) is 0 Å². The van der Waals surface area contributed by atoms with Crippen LogP contribution in [-0.2, 0) is 14.4 Å². The molecule has 19 heavy (non-hydrogen) atoms. The van der Waals surface area contributed by atoms with Crippen LogP contribution in [0.25, 0.3) is 24.3 Å². The van der Waals surface area contributed by atoms with Crippen LogP contribution in [0.1, 0.15) is 22.3 Å². The fraction of sp³-hybridized carbons (Fsp3) is 0. The van der Waals surface area contributed by atoms with Crippen LogP contribution in [-0.4, -0.2) is 0 Å². The molecule has 4 rings (SSSR count). The van der Waals surface area contributed by atoms with E-state index >= 15 is 0 Å². The quantitative estimate of drug-likeness (QED) is 0.297. The normalized spacial score (nSPS) is 11.3. The number of hydrogen-bond acceptors (Lipinski definition) is 0. The molecule has 0 heterocycles. The summed E-state index contributed by atoms with van der Waals surface area (Å²) in [4.78, 5) is 0. The Morgan fingerprint density at radius 2 is 1.21 bits per heavy atom. The van der Waals surface area contributed by atoms with E-state index in [1.807, 2.05) is 24.3 Å². The molecule has 0 saturated heterocycles. The summed E-state index contributed by atoms with van der Waals surface area (Å²) in [7, 11) is 9.72. The molecule has 0 aliphatic heterocycles. The van der Waals surface area contributed by atoms with Gasteiger partial charge in [0.2, 0.25) is 0 Å². The third kappa shape index (κ3) is 3.93. The SMILES string of the molecule is C1=Cc2cc[cH-]c2C=1.C1=Cc2cc[cH-]c2C=1.[Cl][V][Cl]. The first-order chi connectivity index (χ1) is 9.35. The van der Waals surface area contributed by atoms with Crippen molar-refractivity contribution in [2.24, 2.45) is 0 Å². The molecular weight excluding hydrogens is 314 g/mol. The predicted molar refractivity (Wildman–Crippen MR) is 80.7 cm³/mol. The van der Waals surface area contributed by atoms with Crippen LogP contribution in [0.2, 0.25) is 0 Å². The zero-order valence-electron chi connectivity index (χ0n) is 9.98. The van der Waals surface area contributed by atoms with Crippen molar-refractivity contribution < 1.29 is 14.4 Å². The average molecular weight is 324 g/mol. The van der Waals surface area contributed by atoms with Crippen LogP contribution in [0.4, 0.5) is 0 Å². The van der Waals surface area contributed by atoms with E-state index in [1.165, 1.54) is 22.3 Å². The van der Waals surface area contributed by atoms with Gasteiger partial charge in [0.15, 0.2) is 0 Å². The maximum atomic E-state index is 4.86. The number of fused-ring (bicyclic) bond motifs is 2. The minimum atomic E-state index is -0.368. The second kappa shape index (κ2) is 7.48. The molecule has 0 saturated carbocycles. The molecule has 95 valence electrons. The summed E-state index contributed by atoms with van der Waals surface area (Å²) in [6.45, 7) is 0. The van der Waals surface area contributed by atoms with Crippen LogP contribution in [0, 0.1) is 0 Å². The van der Waals surface area contributed by atoms with Crippen LogP contribution in [0.3, 0.4) is 0 Å². The van der Waals surface area contributed by atoms with Crippen molar-refractivity contribution in [1.29, 1.82) is 0 Å². The van der Waals surface area contributed by atoms with Crippen molar-refractivity contribution in [3.63, 3.8) is 0 Å². The van der Waals surface area contributed by atoms with Crippen LogP contribution >= 0.6 is 19.7 Å². The van der Waals surface area contributed by atoms with Gasteiger partial charge in [-0.25, -0.2) is 0 Å². The molecule has 2 aliphatic rings. The van der Waals surface area contributed by atoms with E-state index in [1.54, 1.807) is 0 Å². The molecule has 0 spiro atoms. The minimum absolute atomic E-state index is 0.368. The molecule has 0 unspecified atom stereocenters. The van der Waals surface area contributed by atoms with Gasteiger partial charge in [0, 0.05) is 0 Å². The van der Waals surface area contributed by atoms with E-state index < -0.39 is 0 Å². The van der Waals surface area contributed by atoms with Gasteiger partial charge in [0.05, 0.1) is 0 Å². The molecule has 0 atom stereocenters. The molecule has 0 fully saturated rings. The van der Waals surface area contributed by atoms with Crippen LogP contribution in [0.15, 0.2) is 47.9 Å². The molecule has 0 nitrogen and oxygen atoms in total. The van der Waals surface area contributed by atoms with Gasteiger partial charge in [-0.15, -0.1) is 34.4 Å². The summed E-state index contributed by atoms with van der Waals surface area (Å²) in [5, 5.41) is 0. The predicted octanol–water partition coefficient (Wildman–Crippen LogP) is 5.47. The first kappa shape index (κ1) is 14.3. The van der Waals surface area contributed by atoms with Gasteiger partial charge in [0.1, 0.15) is 0 Å². The van der Waals surface area contributed by atoms with Crippen molar-refractivity contribution in [3.8, 4) is 0 Å². The second-order valence-electron chi connectivity index (χ2n) is 3.85. The summed E-state index contributed by atoms with van der Waals surface area (Å²) in [6, 6.07) is 12.5. The van der Waals surface area contributed by atoms with Crippen molar-refractivity contribution >= 4 is 44.0 Å². The summed E-state index contributed by atoms with van der Waals surface area (Å²) < 4.78 is 0. The second-order valence-corrected chi connectivity index (χ2v) is 6.15. The number of rotatable bonds is 0. The molecule has 0 amide bonds. The standard InChI is InChI=1S/2C8H5.2ClH.V/c2*1-3-7-5-2-6-8(7)4-1;;;/h2*1,3-6H;2*1H;/q2*-1;;;+2/p-2. The molecule has 3 heteroatoms. The molecule has 2 aromatic carbocycles. The van der Waals surface area contributed by atoms with E-state index in [4.69, 9.17) is 19.7 Å². The summed E-state index contributed by atoms with van der Waals surface area (Å²) >= 11 is -0.368. The Balaban J connectivity index is 0.000000117. The Morgan fingerprint density at radius 1 is 0.789 bits per heavy atom. The molecule has 2 aromatic rings. The van der Waals surface area contributed by atoms with Gasteiger partial charge >= 0.3 is 34.1 Å². The number of halogens is 2. The average Bonchev–Trinajstić information content (AvgIpc) is 3.12. The van der Waals surface area contributed by atoms with Crippen molar-refractivity contribution in [2.45, 2.75) is 0 Å². The third-order valence-electron chi connectivity index (χ3n) is 2.73. The zero-order chi connectivity index (χ0) is 13.5. The topological polar surface area (TPSA) is 0 Å². The van der Waals surface area contributed by atoms with Gasteiger partial charge < -0.3 is 0 Å². The van der Waals surface area contributed by atoms with E-state index in [-0.39, 0.29) is 14.4 Å². The Hall–Kier alpha value is -1.10. The van der Waals surface area contributed by atoms with Gasteiger partial charge in [-0.1, -0.05) is 24.3 Å². The van der Waals surface area contributed by atoms with Gasteiger partial charge in [-0.2, -0.15) is 35.7 Å². The van der Waals surface area contributed by atoms with E-state index in [9.17, 15) is 0 Å². The van der Waals surface area contributed by atoms with E-state index in [0.29, 0.717) is 0 Å². The van der Waals surface area contributed by atoms with Crippen LogP contribution < -0.4 is 0 Å². The van der Waals surface area contributed by atoms with Crippen molar-refractivity contribution in [3.05, 3.63) is 70.1 Å². The fourth-order valence-electron chi connectivity index (χ4n) is 1.86. The van der Waals surface area contributed by atoms with E-state index in [0.717, 1.165) is 0 Å². The maximum absolute atomic E-state index is 4.86. The monoisotopic (exact) mass is 323 g/mol. The summed E-state index contributed by atoms with van der Waals surface area (Å²) in [5.41, 5.74) is 11.2. The van der Waals surface area contributed by atoms with Gasteiger partial charge in [-0.05, 0) is 0 Å². The summed E-state index contributed by atoms with van der Waals surface area (Å²) in [5.74, 6) is 0. The molecule has 0 aromatic heterocycles. The third-order valence-corrected chi connectivity index (χ3v) is 2.73. The number of hydrogen-bond donors (Lipinski definition) is 0. The van der Waals surface area contributed by atoms with Crippen molar-refractivity contribution in [2.75, 3.05) is 0 Å². The Bertz CT molecular complexity index is 557. The zero-order valence-corrected chi connectivity index (χ0v) is 12.9. The first-order valence-electron chi connectivity index (χ1n) is 5.64. The molecular formula is C16H10Cl2V-2. The van der Waals surface area contributed by atoms with Crippen molar-refractivity contribution in [1.82, 2.24) is 0 Å². The Labute approximate surface area is 128 Å². The van der Waals surface area contributed by atoms with Crippen LogP contribution in [0.5, 0.6) is 0 Å². The molecule has 0 N–H and O–H groups in total. The van der Waals surface area contributed by atoms with E-state index in [2.05, 4.69) is 47.9 Å². The van der Waals surface area contributed by atoms with Gasteiger partial charge in [0.25, 0.3) is 0 Å². The Morgan fingerprint density at radius 3 is 1.58 bits per heavy atom. The molecule has 0 bridgehead atoms. The first-order valence-corrected chi connectivity index (χ1v) is 9.48. The molecule has 0 radical (unpaired) electrons. The summed E-state index contributed by atoms with van der Waals surface area (Å²) in [6.07, 6.45) is 7.98. The molecule has 2 aliphatic carbocycles.